The summed E-state index contributed by atoms with van der Waals surface area (Å²) >= 11 is 0. The molecule has 2 saturated heterocycles. The molecule has 2 aliphatic heterocycles. The van der Waals surface area contributed by atoms with Gasteiger partial charge in [0.2, 0.25) is 0 Å². The van der Waals surface area contributed by atoms with Crippen LogP contribution in [-0.4, -0.2) is 58.6 Å². The molecule has 2 aromatic carbocycles. The Morgan fingerprint density at radius 3 is 2.79 bits per heavy atom. The quantitative estimate of drug-likeness (QED) is 0.545. The van der Waals surface area contributed by atoms with Crippen molar-refractivity contribution in [2.45, 2.75) is 25.8 Å². The van der Waals surface area contributed by atoms with Crippen LogP contribution in [0.2, 0.25) is 0 Å². The number of nitrogens with zero attached hydrogens (tertiary/aromatic N) is 3. The normalized spacial score (nSPS) is 21.4. The van der Waals surface area contributed by atoms with Crippen molar-refractivity contribution in [3.63, 3.8) is 0 Å². The molecule has 172 valence electrons. The minimum Gasteiger partial charge on any atom is -0.507 e. The second-order valence-electron chi connectivity index (χ2n) is 9.00. The number of phenols is 1. The molecule has 3 aromatic rings. The molecular formula is C25H28N4O4. The fraction of sp³-hybridized carbons (Fsp3) is 0.400. The summed E-state index contributed by atoms with van der Waals surface area (Å²) in [6.07, 6.45) is 0.745. The number of ether oxygens (including phenoxy) is 1. The molecule has 0 radical (unpaired) electrons. The third-order valence-corrected chi connectivity index (χ3v) is 6.77. The Labute approximate surface area is 192 Å². The summed E-state index contributed by atoms with van der Waals surface area (Å²) in [7, 11) is 0. The van der Waals surface area contributed by atoms with Gasteiger partial charge in [-0.1, -0.05) is 18.2 Å². The number of aromatic hydroxyl groups is 1. The van der Waals surface area contributed by atoms with E-state index < -0.39 is 6.09 Å². The molecule has 8 heteroatoms. The number of hydrogen-bond donors (Lipinski definition) is 3. The van der Waals surface area contributed by atoms with Gasteiger partial charge < -0.3 is 25.2 Å². The average molecular weight is 449 g/mol. The monoisotopic (exact) mass is 448 g/mol. The molecule has 0 aliphatic carbocycles. The number of benzene rings is 2. The number of nitrogens with one attached hydrogen (secondary N) is 1. The van der Waals surface area contributed by atoms with E-state index >= 15 is 0 Å². The summed E-state index contributed by atoms with van der Waals surface area (Å²) in [6, 6.07) is 13.1. The number of aryl methyl sites for hydroxylation is 1. The van der Waals surface area contributed by atoms with Gasteiger partial charge in [0, 0.05) is 37.0 Å². The Hall–Kier alpha value is -3.39. The van der Waals surface area contributed by atoms with Crippen LogP contribution in [0.4, 0.5) is 10.6 Å². The van der Waals surface area contributed by atoms with E-state index in [9.17, 15) is 15.0 Å². The lowest BCUT2D eigenvalue weighted by Crippen LogP contribution is -2.46. The highest BCUT2D eigenvalue weighted by Crippen LogP contribution is 2.36. The largest absolute Gasteiger partial charge is 0.507 e. The van der Waals surface area contributed by atoms with Crippen molar-refractivity contribution in [1.29, 1.82) is 0 Å². The Kier molecular flexibility index (Phi) is 5.76. The molecule has 0 bridgehead atoms. The SMILES string of the molecule is Cc1ccc2c(N3CC[C@@H]([C@H](NC(=O)O)C4CCOC4)C3)nc(-c3ccccc3O)nc2c1. The number of aromatic nitrogens is 2. The van der Waals surface area contributed by atoms with E-state index in [1.165, 1.54) is 0 Å². The van der Waals surface area contributed by atoms with Crippen LogP contribution in [-0.2, 0) is 4.74 Å². The third-order valence-electron chi connectivity index (χ3n) is 6.77. The van der Waals surface area contributed by atoms with Crippen molar-refractivity contribution in [3.8, 4) is 17.1 Å². The molecule has 3 heterocycles. The van der Waals surface area contributed by atoms with Gasteiger partial charge in [-0.2, -0.15) is 0 Å². The highest BCUT2D eigenvalue weighted by Gasteiger charge is 2.38. The van der Waals surface area contributed by atoms with Gasteiger partial charge >= 0.3 is 6.09 Å². The number of fused-ring (bicyclic) bond motifs is 1. The van der Waals surface area contributed by atoms with Crippen LogP contribution >= 0.6 is 0 Å². The van der Waals surface area contributed by atoms with Gasteiger partial charge in [-0.25, -0.2) is 14.8 Å². The van der Waals surface area contributed by atoms with Gasteiger partial charge in [-0.3, -0.25) is 0 Å². The van der Waals surface area contributed by atoms with Crippen molar-refractivity contribution in [1.82, 2.24) is 15.3 Å². The summed E-state index contributed by atoms with van der Waals surface area (Å²) in [6.45, 7) is 4.77. The predicted molar refractivity (Wildman–Crippen MR) is 126 cm³/mol. The van der Waals surface area contributed by atoms with Crippen LogP contribution in [0.15, 0.2) is 42.5 Å². The molecule has 2 aliphatic rings. The first-order valence-corrected chi connectivity index (χ1v) is 11.4. The molecule has 1 unspecified atom stereocenters. The van der Waals surface area contributed by atoms with Gasteiger partial charge in [0.1, 0.15) is 11.6 Å². The van der Waals surface area contributed by atoms with E-state index in [1.807, 2.05) is 37.3 Å². The maximum absolute atomic E-state index is 11.5. The highest BCUT2D eigenvalue weighted by molar-refractivity contribution is 5.92. The van der Waals surface area contributed by atoms with E-state index in [4.69, 9.17) is 14.7 Å². The highest BCUT2D eigenvalue weighted by atomic mass is 16.5. The van der Waals surface area contributed by atoms with Crippen molar-refractivity contribution in [2.24, 2.45) is 11.8 Å². The first-order valence-electron chi connectivity index (χ1n) is 11.4. The smallest absolute Gasteiger partial charge is 0.404 e. The zero-order valence-electron chi connectivity index (χ0n) is 18.6. The molecule has 0 saturated carbocycles. The molecule has 1 amide bonds. The van der Waals surface area contributed by atoms with Crippen molar-refractivity contribution >= 4 is 22.8 Å². The van der Waals surface area contributed by atoms with Gasteiger partial charge in [-0.05, 0) is 55.5 Å². The number of carboxylic acid groups (broad SMARTS) is 1. The zero-order chi connectivity index (χ0) is 22.9. The molecule has 1 aromatic heterocycles. The lowest BCUT2D eigenvalue weighted by molar-refractivity contribution is 0.154. The summed E-state index contributed by atoms with van der Waals surface area (Å²) in [5.74, 6) is 1.79. The Morgan fingerprint density at radius 1 is 1.18 bits per heavy atom. The molecule has 2 fully saturated rings. The number of carbonyl (C=O) groups is 1. The lowest BCUT2D eigenvalue weighted by Gasteiger charge is -2.28. The standard InChI is InChI=1S/C25H28N4O4/c1-15-6-7-18-20(12-15)26-23(19-4-2-3-5-21(19)30)28-24(18)29-10-8-16(13-29)22(27-25(31)32)17-9-11-33-14-17/h2-7,12,16-17,22,27,30H,8-11,13-14H2,1H3,(H,31,32)/t16-,17?,22+/m1/s1. The van der Waals surface area contributed by atoms with Gasteiger partial charge in [0.25, 0.3) is 0 Å². The summed E-state index contributed by atoms with van der Waals surface area (Å²) < 4.78 is 5.54. The van der Waals surface area contributed by atoms with Crippen LogP contribution in [0, 0.1) is 18.8 Å². The van der Waals surface area contributed by atoms with Crippen LogP contribution < -0.4 is 10.2 Å². The second kappa shape index (κ2) is 8.86. The zero-order valence-corrected chi connectivity index (χ0v) is 18.6. The van der Waals surface area contributed by atoms with E-state index in [2.05, 4.69) is 10.2 Å². The van der Waals surface area contributed by atoms with Gasteiger partial charge in [0.15, 0.2) is 5.82 Å². The fourth-order valence-corrected chi connectivity index (χ4v) is 5.12. The van der Waals surface area contributed by atoms with E-state index in [0.717, 1.165) is 41.7 Å². The Balaban J connectivity index is 1.51. The van der Waals surface area contributed by atoms with E-state index in [1.54, 1.807) is 12.1 Å². The summed E-state index contributed by atoms with van der Waals surface area (Å²) in [5, 5.41) is 23.6. The molecular weight excluding hydrogens is 420 g/mol. The van der Waals surface area contributed by atoms with Crippen LogP contribution in [0.25, 0.3) is 22.3 Å². The van der Waals surface area contributed by atoms with Crippen molar-refractivity contribution < 1.29 is 19.7 Å². The number of phenolic OH excluding ortho intramolecular Hbond substituents is 1. The lowest BCUT2D eigenvalue weighted by atomic mass is 9.87. The van der Waals surface area contributed by atoms with Crippen LogP contribution in [0.5, 0.6) is 5.75 Å². The molecule has 3 atom stereocenters. The summed E-state index contributed by atoms with van der Waals surface area (Å²) in [5.41, 5.74) is 2.51. The summed E-state index contributed by atoms with van der Waals surface area (Å²) in [4.78, 5) is 23.4. The van der Waals surface area contributed by atoms with Crippen LogP contribution in [0.3, 0.4) is 0 Å². The number of amides is 1. The number of anilines is 1. The average Bonchev–Trinajstić information content (AvgIpc) is 3.49. The van der Waals surface area contributed by atoms with Crippen LogP contribution in [0.1, 0.15) is 18.4 Å². The third kappa shape index (κ3) is 4.30. The topological polar surface area (TPSA) is 108 Å². The van der Waals surface area contributed by atoms with E-state index in [0.29, 0.717) is 31.1 Å². The van der Waals surface area contributed by atoms with Gasteiger partial charge in [0.05, 0.1) is 17.7 Å². The second-order valence-corrected chi connectivity index (χ2v) is 9.00. The first-order chi connectivity index (χ1) is 16.0. The minimum atomic E-state index is -0.991. The molecule has 8 nitrogen and oxygen atoms in total. The Bertz CT molecular complexity index is 1180. The number of hydrogen-bond acceptors (Lipinski definition) is 6. The maximum Gasteiger partial charge on any atom is 0.404 e. The fourth-order valence-electron chi connectivity index (χ4n) is 5.12. The molecule has 3 N–H and O–H groups in total. The predicted octanol–water partition coefficient (Wildman–Crippen LogP) is 3.81. The molecule has 0 spiro atoms. The number of rotatable bonds is 5. The molecule has 33 heavy (non-hydrogen) atoms. The van der Waals surface area contributed by atoms with Gasteiger partial charge in [-0.15, -0.1) is 0 Å². The van der Waals surface area contributed by atoms with Crippen molar-refractivity contribution in [3.05, 3.63) is 48.0 Å². The molecule has 5 rings (SSSR count). The Morgan fingerprint density at radius 2 is 2.03 bits per heavy atom. The minimum absolute atomic E-state index is 0.140. The maximum atomic E-state index is 11.5. The first kappa shape index (κ1) is 21.5. The van der Waals surface area contributed by atoms with Crippen molar-refractivity contribution in [2.75, 3.05) is 31.2 Å². The van der Waals surface area contributed by atoms with E-state index in [-0.39, 0.29) is 23.6 Å². The number of para-hydroxylation sites is 1.